The second kappa shape index (κ2) is 6.71. The number of amides is 1. The van der Waals surface area contributed by atoms with Gasteiger partial charge in [-0.2, -0.15) is 0 Å². The van der Waals surface area contributed by atoms with Crippen LogP contribution >= 0.6 is 11.6 Å². The predicted molar refractivity (Wildman–Crippen MR) is 118 cm³/mol. The quantitative estimate of drug-likeness (QED) is 0.463. The number of sulfone groups is 1. The fourth-order valence-corrected chi connectivity index (χ4v) is 4.72. The SMILES string of the molecule is CC1(c2ccc(Cl)cc2)C(=O)Nc2nc(-c3cn4ccnc4c(S(C)(=O)=O)n3)nc(N)c21. The number of nitrogens with one attached hydrogen (secondary N) is 1. The van der Waals surface area contributed by atoms with E-state index in [9.17, 15) is 13.2 Å². The fraction of sp³-hybridized carbons (Fsp3) is 0.150. The number of fused-ring (bicyclic) bond motifs is 2. The summed E-state index contributed by atoms with van der Waals surface area (Å²) in [6.07, 6.45) is 5.65. The molecular weight excluding hydrogens is 454 g/mol. The van der Waals surface area contributed by atoms with Crippen molar-refractivity contribution in [2.24, 2.45) is 0 Å². The summed E-state index contributed by atoms with van der Waals surface area (Å²) in [7, 11) is -3.68. The number of benzene rings is 1. The lowest BCUT2D eigenvalue weighted by atomic mass is 9.78. The van der Waals surface area contributed by atoms with Gasteiger partial charge in [0, 0.05) is 29.9 Å². The van der Waals surface area contributed by atoms with Gasteiger partial charge >= 0.3 is 0 Å². The van der Waals surface area contributed by atoms with E-state index in [0.717, 1.165) is 6.26 Å². The number of carbonyl (C=O) groups excluding carboxylic acids is 1. The molecule has 4 aromatic rings. The number of hydrogen-bond donors (Lipinski definition) is 2. The van der Waals surface area contributed by atoms with Crippen LogP contribution in [0, 0.1) is 0 Å². The number of nitrogens with zero attached hydrogens (tertiary/aromatic N) is 5. The van der Waals surface area contributed by atoms with Crippen molar-refractivity contribution < 1.29 is 13.2 Å². The molecule has 4 heterocycles. The smallest absolute Gasteiger partial charge is 0.240 e. The van der Waals surface area contributed by atoms with Gasteiger partial charge in [-0.1, -0.05) is 23.7 Å². The summed E-state index contributed by atoms with van der Waals surface area (Å²) in [5.74, 6) is 0.0721. The number of aromatic nitrogens is 5. The van der Waals surface area contributed by atoms with Crippen LogP contribution in [0.2, 0.25) is 5.02 Å². The second-order valence-corrected chi connectivity index (χ2v) is 9.97. The molecule has 0 saturated heterocycles. The average Bonchev–Trinajstić information content (AvgIpc) is 3.30. The van der Waals surface area contributed by atoms with Gasteiger partial charge in [0.15, 0.2) is 26.3 Å². The van der Waals surface area contributed by atoms with E-state index in [1.165, 1.54) is 10.6 Å². The molecule has 0 fully saturated rings. The van der Waals surface area contributed by atoms with Gasteiger partial charge in [0.25, 0.3) is 0 Å². The summed E-state index contributed by atoms with van der Waals surface area (Å²) < 4.78 is 26.0. The van der Waals surface area contributed by atoms with Crippen LogP contribution in [-0.4, -0.2) is 44.9 Å². The molecule has 0 radical (unpaired) electrons. The Morgan fingerprint density at radius 2 is 1.88 bits per heavy atom. The Balaban J connectivity index is 1.70. The molecule has 1 aliphatic rings. The molecule has 10 nitrogen and oxygen atoms in total. The first-order valence-corrected chi connectivity index (χ1v) is 11.7. The first kappa shape index (κ1) is 20.3. The molecule has 5 rings (SSSR count). The number of hydrogen-bond acceptors (Lipinski definition) is 8. The topological polar surface area (TPSA) is 145 Å². The molecular formula is C20H16ClN7O3S. The zero-order valence-corrected chi connectivity index (χ0v) is 18.4. The zero-order chi connectivity index (χ0) is 22.8. The number of halogens is 1. The Labute approximate surface area is 187 Å². The normalized spacial score (nSPS) is 18.0. The molecule has 162 valence electrons. The van der Waals surface area contributed by atoms with E-state index < -0.39 is 15.3 Å². The van der Waals surface area contributed by atoms with Gasteiger partial charge in [0.2, 0.25) is 5.91 Å². The number of nitrogens with two attached hydrogens (primary N) is 1. The van der Waals surface area contributed by atoms with E-state index in [2.05, 4.69) is 25.3 Å². The molecule has 3 N–H and O–H groups in total. The van der Waals surface area contributed by atoms with Crippen molar-refractivity contribution in [3.05, 3.63) is 59.0 Å². The second-order valence-electron chi connectivity index (χ2n) is 7.60. The average molecular weight is 470 g/mol. The summed E-state index contributed by atoms with van der Waals surface area (Å²) in [6, 6.07) is 6.88. The Hall–Kier alpha value is -3.57. The third-order valence-electron chi connectivity index (χ3n) is 5.47. The largest absolute Gasteiger partial charge is 0.383 e. The number of anilines is 2. The van der Waals surface area contributed by atoms with Gasteiger partial charge in [-0.3, -0.25) is 4.79 Å². The van der Waals surface area contributed by atoms with Gasteiger partial charge in [0.1, 0.15) is 22.7 Å². The number of rotatable bonds is 3. The van der Waals surface area contributed by atoms with Gasteiger partial charge in [0.05, 0.1) is 5.56 Å². The van der Waals surface area contributed by atoms with Crippen molar-refractivity contribution >= 4 is 44.6 Å². The maximum Gasteiger partial charge on any atom is 0.240 e. The number of nitrogen functional groups attached to an aromatic ring is 1. The van der Waals surface area contributed by atoms with Crippen molar-refractivity contribution in [2.45, 2.75) is 17.4 Å². The molecule has 12 heteroatoms. The van der Waals surface area contributed by atoms with Crippen LogP contribution in [0.25, 0.3) is 17.2 Å². The lowest BCUT2D eigenvalue weighted by Crippen LogP contribution is -2.32. The highest BCUT2D eigenvalue weighted by atomic mass is 35.5. The van der Waals surface area contributed by atoms with Gasteiger partial charge in [-0.25, -0.2) is 28.4 Å². The highest BCUT2D eigenvalue weighted by molar-refractivity contribution is 7.90. The van der Waals surface area contributed by atoms with Crippen molar-refractivity contribution in [1.82, 2.24) is 24.3 Å². The number of carbonyl (C=O) groups is 1. The van der Waals surface area contributed by atoms with E-state index in [0.29, 0.717) is 16.1 Å². The molecule has 0 spiro atoms. The van der Waals surface area contributed by atoms with Crippen LogP contribution in [0.3, 0.4) is 0 Å². The Morgan fingerprint density at radius 1 is 1.16 bits per heavy atom. The van der Waals surface area contributed by atoms with E-state index >= 15 is 0 Å². The monoisotopic (exact) mass is 469 g/mol. The molecule has 0 bridgehead atoms. The summed E-state index contributed by atoms with van der Waals surface area (Å²) in [5.41, 5.74) is 6.64. The molecule has 1 aromatic carbocycles. The fourth-order valence-electron chi connectivity index (χ4n) is 3.84. The first-order valence-electron chi connectivity index (χ1n) is 9.38. The molecule has 32 heavy (non-hydrogen) atoms. The standard InChI is InChI=1S/C20H16ClN7O3S/c1-20(10-3-5-11(21)6-4-10)13-14(22)25-15(26-16(13)27-19(20)29)12-9-28-8-7-23-17(28)18(24-12)32(2,30)31/h3-9H,1-2H3,(H3,22,25,26,27,29). The van der Waals surface area contributed by atoms with Gasteiger partial charge < -0.3 is 15.5 Å². The van der Waals surface area contributed by atoms with Gasteiger partial charge in [-0.05, 0) is 24.6 Å². The van der Waals surface area contributed by atoms with Crippen LogP contribution in [0.15, 0.2) is 47.9 Å². The van der Waals surface area contributed by atoms with Crippen LogP contribution in [0.1, 0.15) is 18.1 Å². The minimum atomic E-state index is -3.68. The van der Waals surface area contributed by atoms with Crippen molar-refractivity contribution in [3.8, 4) is 11.5 Å². The Kier molecular flexibility index (Phi) is 4.27. The molecule has 0 saturated carbocycles. The van der Waals surface area contributed by atoms with Gasteiger partial charge in [-0.15, -0.1) is 0 Å². The lowest BCUT2D eigenvalue weighted by molar-refractivity contribution is -0.119. The highest BCUT2D eigenvalue weighted by Crippen LogP contribution is 2.45. The summed E-state index contributed by atoms with van der Waals surface area (Å²) in [6.45, 7) is 1.73. The summed E-state index contributed by atoms with van der Waals surface area (Å²) in [5, 5.41) is 3.09. The lowest BCUT2D eigenvalue weighted by Gasteiger charge is -2.23. The van der Waals surface area contributed by atoms with E-state index in [1.54, 1.807) is 43.6 Å². The summed E-state index contributed by atoms with van der Waals surface area (Å²) >= 11 is 5.99. The van der Waals surface area contributed by atoms with Crippen LogP contribution < -0.4 is 11.1 Å². The third kappa shape index (κ3) is 2.93. The molecule has 3 aromatic heterocycles. The van der Waals surface area contributed by atoms with Crippen LogP contribution in [0.5, 0.6) is 0 Å². The van der Waals surface area contributed by atoms with Crippen LogP contribution in [-0.2, 0) is 20.0 Å². The minimum Gasteiger partial charge on any atom is -0.383 e. The van der Waals surface area contributed by atoms with E-state index in [4.69, 9.17) is 17.3 Å². The highest BCUT2D eigenvalue weighted by Gasteiger charge is 2.47. The number of imidazole rings is 1. The summed E-state index contributed by atoms with van der Waals surface area (Å²) in [4.78, 5) is 30.1. The Bertz CT molecular complexity index is 1530. The van der Waals surface area contributed by atoms with Crippen molar-refractivity contribution in [1.29, 1.82) is 0 Å². The maximum absolute atomic E-state index is 13.0. The van der Waals surface area contributed by atoms with Crippen molar-refractivity contribution in [3.63, 3.8) is 0 Å². The van der Waals surface area contributed by atoms with E-state index in [-0.39, 0.29) is 39.7 Å². The predicted octanol–water partition coefficient (Wildman–Crippen LogP) is 2.08. The zero-order valence-electron chi connectivity index (χ0n) is 16.9. The third-order valence-corrected chi connectivity index (χ3v) is 6.70. The molecule has 1 unspecified atom stereocenters. The molecule has 0 aliphatic carbocycles. The molecule has 1 atom stereocenters. The maximum atomic E-state index is 13.0. The first-order chi connectivity index (χ1) is 15.1. The van der Waals surface area contributed by atoms with Crippen LogP contribution in [0.4, 0.5) is 11.6 Å². The minimum absolute atomic E-state index is 0.0717. The molecule has 1 aliphatic heterocycles. The molecule has 1 amide bonds. The van der Waals surface area contributed by atoms with E-state index in [1.807, 2.05) is 0 Å². The van der Waals surface area contributed by atoms with Crippen molar-refractivity contribution in [2.75, 3.05) is 17.3 Å². The Morgan fingerprint density at radius 3 is 2.56 bits per heavy atom.